The van der Waals surface area contributed by atoms with E-state index in [4.69, 9.17) is 4.74 Å². The molecule has 0 radical (unpaired) electrons. The first-order valence-corrected chi connectivity index (χ1v) is 7.68. The van der Waals surface area contributed by atoms with Gasteiger partial charge in [-0.2, -0.15) is 0 Å². The Kier molecular flexibility index (Phi) is 4.64. The van der Waals surface area contributed by atoms with Crippen molar-refractivity contribution in [3.05, 3.63) is 34.4 Å². The highest BCUT2D eigenvalue weighted by atomic mass is 16.5. The second-order valence-electron chi connectivity index (χ2n) is 6.19. The molecular formula is C18H26O2. The molecule has 2 heteroatoms. The minimum Gasteiger partial charge on any atom is -0.370 e. The van der Waals surface area contributed by atoms with Gasteiger partial charge in [0.1, 0.15) is 5.60 Å². The second kappa shape index (κ2) is 6.09. The van der Waals surface area contributed by atoms with Gasteiger partial charge >= 0.3 is 0 Å². The molecule has 0 aliphatic heterocycles. The van der Waals surface area contributed by atoms with Gasteiger partial charge in [0.05, 0.1) is 0 Å². The zero-order valence-corrected chi connectivity index (χ0v) is 13.2. The van der Waals surface area contributed by atoms with Crippen molar-refractivity contribution < 1.29 is 9.53 Å². The average molecular weight is 274 g/mol. The summed E-state index contributed by atoms with van der Waals surface area (Å²) in [4.78, 5) is 13.1. The molecule has 0 aromatic heterocycles. The number of Topliss-reactive ketones (excluding diaryl/α,β-unsaturated/α-hetero) is 1. The zero-order chi connectivity index (χ0) is 14.8. The van der Waals surface area contributed by atoms with Crippen LogP contribution in [0.15, 0.2) is 12.1 Å². The summed E-state index contributed by atoms with van der Waals surface area (Å²) in [6.07, 6.45) is 6.31. The summed E-state index contributed by atoms with van der Waals surface area (Å²) in [5, 5.41) is 0. The monoisotopic (exact) mass is 274 g/mol. The third-order valence-corrected chi connectivity index (χ3v) is 4.80. The molecule has 0 saturated heterocycles. The van der Waals surface area contributed by atoms with Gasteiger partial charge in [0.25, 0.3) is 0 Å². The maximum atomic E-state index is 13.1. The fourth-order valence-electron chi connectivity index (χ4n) is 3.27. The minimum absolute atomic E-state index is 0.183. The molecule has 1 aromatic rings. The van der Waals surface area contributed by atoms with Gasteiger partial charge in [0.2, 0.25) is 0 Å². The molecule has 1 aliphatic carbocycles. The summed E-state index contributed by atoms with van der Waals surface area (Å²) >= 11 is 0. The standard InChI is InChI=1S/C18H26O2/c1-13-11-15(3)16(12-14(13)2)17(19)18(20-4)9-7-5-6-8-10-18/h11-12H,5-10H2,1-4H3. The highest BCUT2D eigenvalue weighted by Crippen LogP contribution is 2.34. The van der Waals surface area contributed by atoms with E-state index in [1.54, 1.807) is 7.11 Å². The van der Waals surface area contributed by atoms with Crippen LogP contribution in [0.4, 0.5) is 0 Å². The van der Waals surface area contributed by atoms with Crippen LogP contribution in [-0.2, 0) is 4.74 Å². The van der Waals surface area contributed by atoms with Crippen molar-refractivity contribution in [1.82, 2.24) is 0 Å². The predicted molar refractivity (Wildman–Crippen MR) is 82.4 cm³/mol. The van der Waals surface area contributed by atoms with E-state index in [0.717, 1.165) is 36.8 Å². The van der Waals surface area contributed by atoms with Crippen molar-refractivity contribution >= 4 is 5.78 Å². The Morgan fingerprint density at radius 3 is 2.05 bits per heavy atom. The van der Waals surface area contributed by atoms with Crippen molar-refractivity contribution in [3.8, 4) is 0 Å². The summed E-state index contributed by atoms with van der Waals surface area (Å²) in [5.74, 6) is 0.183. The van der Waals surface area contributed by atoms with E-state index in [0.29, 0.717) is 0 Å². The number of aryl methyl sites for hydroxylation is 3. The van der Waals surface area contributed by atoms with E-state index in [1.165, 1.54) is 24.0 Å². The summed E-state index contributed by atoms with van der Waals surface area (Å²) in [6.45, 7) is 6.19. The molecule has 0 atom stereocenters. The van der Waals surface area contributed by atoms with E-state index in [9.17, 15) is 4.79 Å². The first kappa shape index (κ1) is 15.2. The molecular weight excluding hydrogens is 248 g/mol. The number of hydrogen-bond donors (Lipinski definition) is 0. The molecule has 0 unspecified atom stereocenters. The molecule has 1 aliphatic rings. The highest BCUT2D eigenvalue weighted by molar-refractivity contribution is 6.03. The Hall–Kier alpha value is -1.15. The minimum atomic E-state index is -0.594. The van der Waals surface area contributed by atoms with Crippen molar-refractivity contribution in [2.45, 2.75) is 64.9 Å². The maximum Gasteiger partial charge on any atom is 0.194 e. The first-order chi connectivity index (χ1) is 9.50. The number of hydrogen-bond acceptors (Lipinski definition) is 2. The van der Waals surface area contributed by atoms with Crippen molar-refractivity contribution in [2.75, 3.05) is 7.11 Å². The van der Waals surface area contributed by atoms with Gasteiger partial charge in [-0.3, -0.25) is 4.79 Å². The molecule has 20 heavy (non-hydrogen) atoms. The molecule has 110 valence electrons. The molecule has 2 rings (SSSR count). The molecule has 0 amide bonds. The fraction of sp³-hybridized carbons (Fsp3) is 0.611. The van der Waals surface area contributed by atoms with Gasteiger partial charge in [-0.25, -0.2) is 0 Å². The fourth-order valence-corrected chi connectivity index (χ4v) is 3.27. The highest BCUT2D eigenvalue weighted by Gasteiger charge is 2.39. The number of ether oxygens (including phenoxy) is 1. The number of methoxy groups -OCH3 is 1. The van der Waals surface area contributed by atoms with Crippen LogP contribution < -0.4 is 0 Å². The summed E-state index contributed by atoms with van der Waals surface area (Å²) in [6, 6.07) is 4.15. The Balaban J connectivity index is 2.40. The van der Waals surface area contributed by atoms with Crippen LogP contribution in [0, 0.1) is 20.8 Å². The lowest BCUT2D eigenvalue weighted by Crippen LogP contribution is -2.40. The van der Waals surface area contributed by atoms with Gasteiger partial charge in [0, 0.05) is 12.7 Å². The lowest BCUT2D eigenvalue weighted by Gasteiger charge is -2.30. The smallest absolute Gasteiger partial charge is 0.194 e. The van der Waals surface area contributed by atoms with Crippen LogP contribution in [0.1, 0.15) is 65.6 Å². The normalized spacial score (nSPS) is 18.6. The Morgan fingerprint density at radius 2 is 1.50 bits per heavy atom. The first-order valence-electron chi connectivity index (χ1n) is 7.68. The summed E-state index contributed by atoms with van der Waals surface area (Å²) < 4.78 is 5.75. The van der Waals surface area contributed by atoms with Crippen LogP contribution in [0.2, 0.25) is 0 Å². The van der Waals surface area contributed by atoms with E-state index in [1.807, 2.05) is 13.0 Å². The van der Waals surface area contributed by atoms with Crippen LogP contribution in [0.3, 0.4) is 0 Å². The van der Waals surface area contributed by atoms with Crippen molar-refractivity contribution in [1.29, 1.82) is 0 Å². The number of rotatable bonds is 3. The van der Waals surface area contributed by atoms with Gasteiger partial charge in [-0.05, 0) is 56.4 Å². The lowest BCUT2D eigenvalue weighted by molar-refractivity contribution is -0.00698. The third kappa shape index (κ3) is 2.80. The largest absolute Gasteiger partial charge is 0.370 e. The zero-order valence-electron chi connectivity index (χ0n) is 13.2. The van der Waals surface area contributed by atoms with Gasteiger partial charge in [-0.1, -0.05) is 31.7 Å². The van der Waals surface area contributed by atoms with E-state index < -0.39 is 5.60 Å². The summed E-state index contributed by atoms with van der Waals surface area (Å²) in [7, 11) is 1.69. The Labute approximate surface area is 122 Å². The van der Waals surface area contributed by atoms with Crippen LogP contribution in [-0.4, -0.2) is 18.5 Å². The molecule has 0 N–H and O–H groups in total. The maximum absolute atomic E-state index is 13.1. The third-order valence-electron chi connectivity index (χ3n) is 4.80. The second-order valence-corrected chi connectivity index (χ2v) is 6.19. The molecule has 2 nitrogen and oxygen atoms in total. The predicted octanol–water partition coefficient (Wildman–Crippen LogP) is 4.53. The van der Waals surface area contributed by atoms with Gasteiger partial charge in [0.15, 0.2) is 5.78 Å². The molecule has 0 heterocycles. The SMILES string of the molecule is COC1(C(=O)c2cc(C)c(C)cc2C)CCCCCC1. The van der Waals surface area contributed by atoms with Crippen LogP contribution in [0.5, 0.6) is 0 Å². The number of benzene rings is 1. The Morgan fingerprint density at radius 1 is 0.950 bits per heavy atom. The van der Waals surface area contributed by atoms with Crippen molar-refractivity contribution in [2.24, 2.45) is 0 Å². The summed E-state index contributed by atoms with van der Waals surface area (Å²) in [5.41, 5.74) is 3.74. The van der Waals surface area contributed by atoms with Gasteiger partial charge < -0.3 is 4.74 Å². The molecule has 1 aromatic carbocycles. The molecule has 1 fully saturated rings. The molecule has 0 spiro atoms. The van der Waals surface area contributed by atoms with Crippen LogP contribution in [0.25, 0.3) is 0 Å². The topological polar surface area (TPSA) is 26.3 Å². The number of carbonyl (C=O) groups excluding carboxylic acids is 1. The average Bonchev–Trinajstić information content (AvgIpc) is 2.68. The molecule has 1 saturated carbocycles. The lowest BCUT2D eigenvalue weighted by atomic mass is 9.83. The van der Waals surface area contributed by atoms with E-state index >= 15 is 0 Å². The van der Waals surface area contributed by atoms with Crippen LogP contribution >= 0.6 is 0 Å². The van der Waals surface area contributed by atoms with E-state index in [2.05, 4.69) is 19.9 Å². The van der Waals surface area contributed by atoms with Gasteiger partial charge in [-0.15, -0.1) is 0 Å². The number of carbonyl (C=O) groups is 1. The Bertz CT molecular complexity index is 494. The number of ketones is 1. The van der Waals surface area contributed by atoms with E-state index in [-0.39, 0.29) is 5.78 Å². The molecule has 0 bridgehead atoms. The van der Waals surface area contributed by atoms with Crippen molar-refractivity contribution in [3.63, 3.8) is 0 Å². The quantitative estimate of drug-likeness (QED) is 0.597.